The van der Waals surface area contributed by atoms with E-state index in [-0.39, 0.29) is 29.6 Å². The maximum atomic E-state index is 12.8. The number of nitrogens with one attached hydrogen (secondary N) is 1. The molecule has 3 aliphatic rings. The van der Waals surface area contributed by atoms with Gasteiger partial charge in [0.05, 0.1) is 4.90 Å². The summed E-state index contributed by atoms with van der Waals surface area (Å²) in [5, 5.41) is 3.36. The average Bonchev–Trinajstić information content (AvgIpc) is 3.35. The summed E-state index contributed by atoms with van der Waals surface area (Å²) < 4.78 is 27.1. The second-order valence-electron chi connectivity index (χ2n) is 7.91. The van der Waals surface area contributed by atoms with Crippen LogP contribution in [-0.2, 0) is 14.8 Å². The first kappa shape index (κ1) is 20.6. The summed E-state index contributed by atoms with van der Waals surface area (Å²) in [6.45, 7) is 5.70. The molecule has 8 heteroatoms. The van der Waals surface area contributed by atoms with Crippen molar-refractivity contribution in [3.8, 4) is 0 Å². The summed E-state index contributed by atoms with van der Waals surface area (Å²) in [6.07, 6.45) is 3.19. The molecule has 0 aromatic heterocycles. The molecule has 2 aliphatic heterocycles. The molecule has 1 saturated carbocycles. The van der Waals surface area contributed by atoms with Crippen LogP contribution in [-0.4, -0.2) is 62.8 Å². The minimum atomic E-state index is -3.47. The number of piperazine rings is 1. The first-order chi connectivity index (χ1) is 12.4. The van der Waals surface area contributed by atoms with Crippen molar-refractivity contribution in [1.29, 1.82) is 0 Å². The summed E-state index contributed by atoms with van der Waals surface area (Å²) in [5.74, 6) is 0.393. The van der Waals surface area contributed by atoms with Crippen LogP contribution in [0.1, 0.15) is 24.8 Å². The van der Waals surface area contributed by atoms with Gasteiger partial charge >= 0.3 is 0 Å². The van der Waals surface area contributed by atoms with Gasteiger partial charge in [0, 0.05) is 32.1 Å². The molecule has 1 aromatic rings. The molecule has 1 aromatic carbocycles. The van der Waals surface area contributed by atoms with E-state index in [1.165, 1.54) is 4.31 Å². The summed E-state index contributed by atoms with van der Waals surface area (Å²) >= 11 is 0. The van der Waals surface area contributed by atoms with Gasteiger partial charge in [0.25, 0.3) is 0 Å². The first-order valence-corrected chi connectivity index (χ1v) is 10.9. The minimum Gasteiger partial charge on any atom is -0.340 e. The van der Waals surface area contributed by atoms with Gasteiger partial charge < -0.3 is 10.2 Å². The van der Waals surface area contributed by atoms with E-state index in [2.05, 4.69) is 5.32 Å². The molecule has 1 amide bonds. The molecule has 150 valence electrons. The highest BCUT2D eigenvalue weighted by Gasteiger charge is 2.58. The predicted octanol–water partition coefficient (Wildman–Crippen LogP) is 1.64. The molecular formula is C19H28ClN3O3S. The van der Waals surface area contributed by atoms with Crippen LogP contribution in [0, 0.1) is 18.3 Å². The van der Waals surface area contributed by atoms with E-state index in [0.717, 1.165) is 37.9 Å². The van der Waals surface area contributed by atoms with Crippen LogP contribution < -0.4 is 5.32 Å². The lowest BCUT2D eigenvalue weighted by Gasteiger charge is -2.35. The molecule has 1 unspecified atom stereocenters. The number of carbonyl (C=O) groups is 1. The van der Waals surface area contributed by atoms with E-state index in [1.807, 2.05) is 24.0 Å². The fraction of sp³-hybridized carbons (Fsp3) is 0.632. The Morgan fingerprint density at radius 1 is 1.07 bits per heavy atom. The number of piperidine rings is 1. The third-order valence-corrected chi connectivity index (χ3v) is 8.21. The number of benzene rings is 1. The predicted molar refractivity (Wildman–Crippen MR) is 106 cm³/mol. The first-order valence-electron chi connectivity index (χ1n) is 9.49. The number of sulfonamides is 1. The number of nitrogens with zero attached hydrogens (tertiary/aromatic N) is 2. The summed E-state index contributed by atoms with van der Waals surface area (Å²) in [6, 6.07) is 6.96. The lowest BCUT2D eigenvalue weighted by Crippen LogP contribution is -2.51. The Labute approximate surface area is 167 Å². The van der Waals surface area contributed by atoms with E-state index in [9.17, 15) is 13.2 Å². The van der Waals surface area contributed by atoms with Crippen LogP contribution in [0.5, 0.6) is 0 Å². The normalized spacial score (nSPS) is 25.1. The molecule has 27 heavy (non-hydrogen) atoms. The molecule has 4 rings (SSSR count). The quantitative estimate of drug-likeness (QED) is 0.817. The van der Waals surface area contributed by atoms with Crippen molar-refractivity contribution in [3.05, 3.63) is 29.8 Å². The van der Waals surface area contributed by atoms with Crippen molar-refractivity contribution in [2.75, 3.05) is 39.3 Å². The van der Waals surface area contributed by atoms with Gasteiger partial charge in [-0.25, -0.2) is 8.42 Å². The Kier molecular flexibility index (Phi) is 5.87. The van der Waals surface area contributed by atoms with Crippen LogP contribution in [0.3, 0.4) is 0 Å². The Morgan fingerprint density at radius 2 is 1.67 bits per heavy atom. The molecule has 2 saturated heterocycles. The molecule has 1 aliphatic carbocycles. The molecule has 1 N–H and O–H groups in total. The average molecular weight is 414 g/mol. The Balaban J connectivity index is 0.00000210. The lowest BCUT2D eigenvalue weighted by molar-refractivity contribution is -0.134. The van der Waals surface area contributed by atoms with Crippen molar-refractivity contribution in [1.82, 2.24) is 14.5 Å². The SMILES string of the molecule is Cc1ccc(S(=O)(=O)N2CCN(C(=O)C3CC34CCNCC4)CC2)cc1.Cl. The Bertz CT molecular complexity index is 783. The standard InChI is InChI=1S/C19H27N3O3S.ClH/c1-15-2-4-16(5-3-15)26(24,25)22-12-10-21(11-13-22)18(23)17-14-19(17)6-8-20-9-7-19;/h2-5,17,20H,6-14H2,1H3;1H. The van der Waals surface area contributed by atoms with E-state index in [0.29, 0.717) is 31.1 Å². The maximum absolute atomic E-state index is 12.8. The van der Waals surface area contributed by atoms with Crippen molar-refractivity contribution in [3.63, 3.8) is 0 Å². The second kappa shape index (κ2) is 7.70. The van der Waals surface area contributed by atoms with Crippen molar-refractivity contribution < 1.29 is 13.2 Å². The molecule has 0 radical (unpaired) electrons. The fourth-order valence-corrected chi connectivity index (χ4v) is 5.82. The van der Waals surface area contributed by atoms with Crippen LogP contribution in [0.4, 0.5) is 0 Å². The van der Waals surface area contributed by atoms with Crippen LogP contribution in [0.25, 0.3) is 0 Å². The zero-order valence-electron chi connectivity index (χ0n) is 15.7. The van der Waals surface area contributed by atoms with E-state index in [4.69, 9.17) is 0 Å². The van der Waals surface area contributed by atoms with Crippen LogP contribution in [0.2, 0.25) is 0 Å². The number of halogens is 1. The second-order valence-corrected chi connectivity index (χ2v) is 9.85. The highest BCUT2D eigenvalue weighted by Crippen LogP contribution is 2.59. The maximum Gasteiger partial charge on any atom is 0.243 e. The highest BCUT2D eigenvalue weighted by atomic mass is 35.5. The number of hydrogen-bond donors (Lipinski definition) is 1. The molecule has 1 atom stereocenters. The number of aryl methyl sites for hydroxylation is 1. The van der Waals surface area contributed by atoms with Gasteiger partial charge in [0.15, 0.2) is 0 Å². The van der Waals surface area contributed by atoms with Crippen molar-refractivity contribution in [2.24, 2.45) is 11.3 Å². The third kappa shape index (κ3) is 3.88. The van der Waals surface area contributed by atoms with Crippen LogP contribution in [0.15, 0.2) is 29.2 Å². The summed E-state index contributed by atoms with van der Waals surface area (Å²) in [7, 11) is -3.47. The topological polar surface area (TPSA) is 69.7 Å². The zero-order chi connectivity index (χ0) is 18.4. The van der Waals surface area contributed by atoms with E-state index < -0.39 is 10.0 Å². The highest BCUT2D eigenvalue weighted by molar-refractivity contribution is 7.89. The van der Waals surface area contributed by atoms with Gasteiger partial charge in [-0.2, -0.15) is 4.31 Å². The van der Waals surface area contributed by atoms with E-state index >= 15 is 0 Å². The Hall–Kier alpha value is -1.15. The lowest BCUT2D eigenvalue weighted by atomic mass is 9.91. The number of carbonyl (C=O) groups excluding carboxylic acids is 1. The van der Waals surface area contributed by atoms with E-state index in [1.54, 1.807) is 12.1 Å². The summed E-state index contributed by atoms with van der Waals surface area (Å²) in [4.78, 5) is 15.0. The van der Waals surface area contributed by atoms with Gasteiger partial charge in [-0.15, -0.1) is 12.4 Å². The van der Waals surface area contributed by atoms with Crippen molar-refractivity contribution in [2.45, 2.75) is 31.1 Å². The molecule has 3 fully saturated rings. The Morgan fingerprint density at radius 3 is 2.26 bits per heavy atom. The van der Waals surface area contributed by atoms with Gasteiger partial charge in [-0.3, -0.25) is 4.79 Å². The molecular weight excluding hydrogens is 386 g/mol. The third-order valence-electron chi connectivity index (χ3n) is 6.30. The molecule has 2 heterocycles. The summed E-state index contributed by atoms with van der Waals surface area (Å²) in [5.41, 5.74) is 1.27. The number of amides is 1. The monoisotopic (exact) mass is 413 g/mol. The van der Waals surface area contributed by atoms with Gasteiger partial charge in [-0.1, -0.05) is 17.7 Å². The van der Waals surface area contributed by atoms with Gasteiger partial charge in [-0.05, 0) is 56.8 Å². The zero-order valence-corrected chi connectivity index (χ0v) is 17.3. The van der Waals surface area contributed by atoms with Crippen LogP contribution >= 0.6 is 12.4 Å². The van der Waals surface area contributed by atoms with Gasteiger partial charge in [0.1, 0.15) is 0 Å². The van der Waals surface area contributed by atoms with Gasteiger partial charge in [0.2, 0.25) is 15.9 Å². The number of rotatable bonds is 3. The smallest absolute Gasteiger partial charge is 0.243 e. The number of hydrogen-bond acceptors (Lipinski definition) is 4. The largest absolute Gasteiger partial charge is 0.340 e. The minimum absolute atomic E-state index is 0. The van der Waals surface area contributed by atoms with Crippen molar-refractivity contribution >= 4 is 28.3 Å². The molecule has 0 bridgehead atoms. The molecule has 6 nitrogen and oxygen atoms in total. The fourth-order valence-electron chi connectivity index (χ4n) is 4.40. The molecule has 1 spiro atoms.